The minimum absolute atomic E-state index is 0.0307. The first-order chi connectivity index (χ1) is 30.2. The van der Waals surface area contributed by atoms with Gasteiger partial charge in [-0.25, -0.2) is 0 Å². The van der Waals surface area contributed by atoms with Crippen LogP contribution < -0.4 is 0 Å². The third-order valence-electron chi connectivity index (χ3n) is 11.5. The van der Waals surface area contributed by atoms with Gasteiger partial charge in [0, 0.05) is 66.1 Å². The van der Waals surface area contributed by atoms with Crippen LogP contribution in [0.25, 0.3) is 21.5 Å². The molecule has 19 rings (SSSR count). The molecule has 8 amide bonds. The van der Waals surface area contributed by atoms with Crippen LogP contribution in [0.1, 0.15) is 82.9 Å². The highest BCUT2D eigenvalue weighted by Crippen LogP contribution is 2.39. The van der Waals surface area contributed by atoms with Gasteiger partial charge in [0.15, 0.2) is 0 Å². The Kier molecular flexibility index (Phi) is 11.4. The molecule has 16 bridgehead atoms. The quantitative estimate of drug-likeness (QED) is 0.233. The molecule has 15 aliphatic heterocycles. The van der Waals surface area contributed by atoms with Crippen LogP contribution in [0, 0.1) is 0 Å². The molecule has 0 spiro atoms. The van der Waals surface area contributed by atoms with Gasteiger partial charge < -0.3 is 28.4 Å². The van der Waals surface area contributed by atoms with Crippen LogP contribution in [0.2, 0.25) is 0 Å². The summed E-state index contributed by atoms with van der Waals surface area (Å²) in [6.07, 6.45) is 0. The van der Waals surface area contributed by atoms with Crippen molar-refractivity contribution in [1.29, 1.82) is 0 Å². The Morgan fingerprint density at radius 2 is 0.387 bits per heavy atom. The fourth-order valence-electron chi connectivity index (χ4n) is 8.47. The number of nitrogens with zero attached hydrogens (tertiary/aromatic N) is 4. The molecule has 4 aromatic carbocycles. The Labute approximate surface area is 353 Å². The molecule has 4 aromatic rings. The molecular weight excluding hydrogens is 808 g/mol. The SMILES string of the molecule is O=C1c2ccc3c4c5ccc(c24)C(=O)N1CCOCCOCCOCCN1C(=O)c2ccc4c6c(ccc(c26)C1=O)C(=O)N(CCOCCOCCOCCN(C3=O)C5=O)C4=O. The highest BCUT2D eigenvalue weighted by atomic mass is 16.5. The fourth-order valence-corrected chi connectivity index (χ4v) is 8.47. The van der Waals surface area contributed by atoms with E-state index < -0.39 is 47.3 Å². The highest BCUT2D eigenvalue weighted by Gasteiger charge is 2.41. The van der Waals surface area contributed by atoms with Crippen molar-refractivity contribution in [2.24, 2.45) is 0 Å². The summed E-state index contributed by atoms with van der Waals surface area (Å²) in [4.78, 5) is 113. The second-order valence-electron chi connectivity index (χ2n) is 14.9. The molecule has 0 saturated heterocycles. The average molecular weight is 849 g/mol. The van der Waals surface area contributed by atoms with Crippen molar-refractivity contribution >= 4 is 68.8 Å². The minimum atomic E-state index is -0.562. The number of amides is 8. The molecule has 0 aliphatic carbocycles. The molecule has 0 N–H and O–H groups in total. The largest absolute Gasteiger partial charge is 0.377 e. The molecule has 320 valence electrons. The first-order valence-electron chi connectivity index (χ1n) is 20.3. The number of carbonyl (C=O) groups is 8. The van der Waals surface area contributed by atoms with Crippen LogP contribution >= 0.6 is 0 Å². The number of rotatable bonds is 0. The summed E-state index contributed by atoms with van der Waals surface area (Å²) in [5.41, 5.74) is 1.63. The Balaban J connectivity index is 0.861. The van der Waals surface area contributed by atoms with Gasteiger partial charge in [-0.3, -0.25) is 58.0 Å². The highest BCUT2D eigenvalue weighted by molar-refractivity contribution is 6.34. The normalized spacial score (nSPS) is 20.3. The van der Waals surface area contributed by atoms with E-state index in [1.54, 1.807) is 0 Å². The zero-order valence-electron chi connectivity index (χ0n) is 33.4. The lowest BCUT2D eigenvalue weighted by atomic mass is 9.86. The van der Waals surface area contributed by atoms with Crippen LogP contribution in [0.15, 0.2) is 48.5 Å². The van der Waals surface area contributed by atoms with E-state index in [9.17, 15) is 38.4 Å². The van der Waals surface area contributed by atoms with E-state index in [1.807, 2.05) is 0 Å². The second-order valence-corrected chi connectivity index (χ2v) is 14.9. The van der Waals surface area contributed by atoms with E-state index >= 15 is 0 Å². The molecule has 0 radical (unpaired) electrons. The van der Waals surface area contributed by atoms with Gasteiger partial charge in [0.05, 0.1) is 105 Å². The number of carbonyl (C=O) groups excluding carboxylic acids is 8. The lowest BCUT2D eigenvalue weighted by Crippen LogP contribution is -2.45. The van der Waals surface area contributed by atoms with E-state index in [-0.39, 0.29) is 172 Å². The Bertz CT molecular complexity index is 2120. The maximum atomic E-state index is 13.6. The standard InChI is InChI=1S/C44H40N4O14/c49-37-25-1-2-26-34-28-4-3-27(33(25)34)39(51)45(37)9-13-57-17-21-61-23-19-59-15-11-47-41(53)29-5-7-31-36-32(8-6-30(35(29)36)42(47)54)44(56)48(43(31)55)12-16-60-20-24-62-22-18-58-14-10-46(38(26)50)40(28)52/h1-8H,9-24H2. The van der Waals surface area contributed by atoms with Crippen molar-refractivity contribution in [2.75, 3.05) is 105 Å². The van der Waals surface area contributed by atoms with Crippen LogP contribution in [-0.4, -0.2) is 172 Å². The molecule has 0 unspecified atom stereocenters. The number of ether oxygens (including phenoxy) is 6. The minimum Gasteiger partial charge on any atom is -0.377 e. The summed E-state index contributed by atoms with van der Waals surface area (Å²) in [6.45, 7) is 1.31. The molecule has 18 nitrogen and oxygen atoms in total. The molecule has 62 heavy (non-hydrogen) atoms. The smallest absolute Gasteiger partial charge is 0.261 e. The van der Waals surface area contributed by atoms with Gasteiger partial charge in [0.25, 0.3) is 47.3 Å². The van der Waals surface area contributed by atoms with Gasteiger partial charge in [-0.05, 0) is 48.5 Å². The third-order valence-corrected chi connectivity index (χ3v) is 11.5. The number of imide groups is 4. The van der Waals surface area contributed by atoms with E-state index in [0.29, 0.717) is 0 Å². The molecule has 18 heteroatoms. The van der Waals surface area contributed by atoms with Crippen molar-refractivity contribution in [2.45, 2.75) is 0 Å². The van der Waals surface area contributed by atoms with Crippen molar-refractivity contribution < 1.29 is 66.8 Å². The van der Waals surface area contributed by atoms with Crippen LogP contribution in [0.5, 0.6) is 0 Å². The summed E-state index contributed by atoms with van der Waals surface area (Å²) in [6, 6.07) is 12.0. The number of hydrogen-bond acceptors (Lipinski definition) is 14. The summed E-state index contributed by atoms with van der Waals surface area (Å²) in [7, 11) is 0. The van der Waals surface area contributed by atoms with E-state index in [4.69, 9.17) is 28.4 Å². The molecule has 0 saturated carbocycles. The molecule has 0 aromatic heterocycles. The van der Waals surface area contributed by atoms with E-state index in [1.165, 1.54) is 48.5 Å². The third kappa shape index (κ3) is 7.03. The maximum Gasteiger partial charge on any atom is 0.261 e. The monoisotopic (exact) mass is 848 g/mol. The molecule has 15 heterocycles. The summed E-state index contributed by atoms with van der Waals surface area (Å²) in [5.74, 6) is -4.50. The molecular formula is C44H40N4O14. The zero-order valence-corrected chi connectivity index (χ0v) is 33.4. The summed E-state index contributed by atoms with van der Waals surface area (Å²) in [5, 5.41) is 1.08. The molecule has 0 atom stereocenters. The van der Waals surface area contributed by atoms with Crippen LogP contribution in [-0.2, 0) is 28.4 Å². The lowest BCUT2D eigenvalue weighted by Gasteiger charge is -2.32. The van der Waals surface area contributed by atoms with E-state index in [2.05, 4.69) is 0 Å². The van der Waals surface area contributed by atoms with Crippen molar-refractivity contribution in [3.63, 3.8) is 0 Å². The van der Waals surface area contributed by atoms with Crippen molar-refractivity contribution in [3.8, 4) is 0 Å². The van der Waals surface area contributed by atoms with Crippen molar-refractivity contribution in [1.82, 2.24) is 19.6 Å². The number of benzene rings is 4. The Hall–Kier alpha value is -6.28. The first kappa shape index (κ1) is 41.1. The fraction of sp³-hybridized carbons (Fsp3) is 0.364. The van der Waals surface area contributed by atoms with Gasteiger partial charge in [0.1, 0.15) is 0 Å². The average Bonchev–Trinajstić information content (AvgIpc) is 3.27. The zero-order chi connectivity index (χ0) is 43.1. The van der Waals surface area contributed by atoms with Crippen molar-refractivity contribution in [3.05, 3.63) is 93.0 Å². The number of hydrogen-bond donors (Lipinski definition) is 0. The lowest BCUT2D eigenvalue weighted by molar-refractivity contribution is 0.00752. The van der Waals surface area contributed by atoms with Gasteiger partial charge in [-0.2, -0.15) is 0 Å². The summed E-state index contributed by atoms with van der Waals surface area (Å²) < 4.78 is 33.8. The maximum absolute atomic E-state index is 13.6. The van der Waals surface area contributed by atoms with E-state index in [0.717, 1.165) is 19.6 Å². The van der Waals surface area contributed by atoms with Gasteiger partial charge >= 0.3 is 0 Å². The van der Waals surface area contributed by atoms with Crippen LogP contribution in [0.3, 0.4) is 0 Å². The predicted octanol–water partition coefficient (Wildman–Crippen LogP) is 2.19. The first-order valence-corrected chi connectivity index (χ1v) is 20.3. The summed E-state index contributed by atoms with van der Waals surface area (Å²) >= 11 is 0. The topological polar surface area (TPSA) is 205 Å². The van der Waals surface area contributed by atoms with Gasteiger partial charge in [-0.1, -0.05) is 0 Å². The molecule has 15 aliphatic rings. The second kappa shape index (κ2) is 17.2. The van der Waals surface area contributed by atoms with Gasteiger partial charge in [-0.15, -0.1) is 0 Å². The van der Waals surface area contributed by atoms with Gasteiger partial charge in [0.2, 0.25) is 0 Å². The molecule has 0 fully saturated rings. The Morgan fingerprint density at radius 3 is 0.548 bits per heavy atom. The van der Waals surface area contributed by atoms with Crippen LogP contribution in [0.4, 0.5) is 0 Å². The predicted molar refractivity (Wildman–Crippen MR) is 214 cm³/mol. The Morgan fingerprint density at radius 1 is 0.242 bits per heavy atom.